The lowest BCUT2D eigenvalue weighted by Crippen LogP contribution is -2.09. The van der Waals surface area contributed by atoms with Gasteiger partial charge in [0.15, 0.2) is 0 Å². The summed E-state index contributed by atoms with van der Waals surface area (Å²) in [6.45, 7) is 4.26. The lowest BCUT2D eigenvalue weighted by molar-refractivity contribution is -0.116. The molecule has 0 saturated carbocycles. The van der Waals surface area contributed by atoms with Crippen LogP contribution in [0, 0.1) is 0 Å². The van der Waals surface area contributed by atoms with Gasteiger partial charge in [-0.15, -0.1) is 0 Å². The molecule has 1 unspecified atom stereocenters. The van der Waals surface area contributed by atoms with Crippen molar-refractivity contribution in [1.29, 1.82) is 0 Å². The molecule has 0 aliphatic carbocycles. The van der Waals surface area contributed by atoms with Crippen LogP contribution in [-0.2, 0) is 11.2 Å². The zero-order valence-corrected chi connectivity index (χ0v) is 11.1. The topological polar surface area (TPSA) is 30.0 Å². The van der Waals surface area contributed by atoms with E-state index >= 15 is 0 Å². The second-order valence-corrected chi connectivity index (χ2v) is 5.55. The number of Topliss-reactive ketones (excluding diaryl/α,β-unsaturated/α-hetero) is 1. The first kappa shape index (κ1) is 13.5. The zero-order chi connectivity index (χ0) is 12.0. The molecule has 0 aliphatic heterocycles. The SMILES string of the molecule is CCC(C)SCC(=O)Cc1ccncc1Cl. The van der Waals surface area contributed by atoms with Crippen molar-refractivity contribution in [3.05, 3.63) is 29.0 Å². The van der Waals surface area contributed by atoms with Crippen LogP contribution >= 0.6 is 23.4 Å². The number of halogens is 1. The summed E-state index contributed by atoms with van der Waals surface area (Å²) in [4.78, 5) is 15.6. The molecule has 0 spiro atoms. The highest BCUT2D eigenvalue weighted by Gasteiger charge is 2.09. The molecule has 88 valence electrons. The minimum Gasteiger partial charge on any atom is -0.298 e. The number of carbonyl (C=O) groups is 1. The number of aromatic nitrogens is 1. The Hall–Kier alpha value is -0.540. The fourth-order valence-corrected chi connectivity index (χ4v) is 2.16. The summed E-state index contributed by atoms with van der Waals surface area (Å²) in [5.74, 6) is 0.784. The van der Waals surface area contributed by atoms with E-state index < -0.39 is 0 Å². The largest absolute Gasteiger partial charge is 0.298 e. The van der Waals surface area contributed by atoms with Crippen LogP contribution in [0.5, 0.6) is 0 Å². The second kappa shape index (κ2) is 6.92. The van der Waals surface area contributed by atoms with Gasteiger partial charge in [-0.1, -0.05) is 25.4 Å². The average Bonchev–Trinajstić information content (AvgIpc) is 2.29. The molecule has 2 nitrogen and oxygen atoms in total. The molecule has 0 aliphatic rings. The number of thioether (sulfide) groups is 1. The normalized spacial score (nSPS) is 12.4. The number of carbonyl (C=O) groups excluding carboxylic acids is 1. The molecule has 4 heteroatoms. The molecule has 1 heterocycles. The summed E-state index contributed by atoms with van der Waals surface area (Å²) in [7, 11) is 0. The van der Waals surface area contributed by atoms with E-state index in [0.29, 0.717) is 22.4 Å². The minimum absolute atomic E-state index is 0.221. The standard InChI is InChI=1S/C12H16ClNOS/c1-3-9(2)16-8-11(15)6-10-4-5-14-7-12(10)13/h4-5,7,9H,3,6,8H2,1-2H3. The molecule has 0 N–H and O–H groups in total. The van der Waals surface area contributed by atoms with Crippen LogP contribution in [0.25, 0.3) is 0 Å². The van der Waals surface area contributed by atoms with Gasteiger partial charge in [0.2, 0.25) is 0 Å². The maximum absolute atomic E-state index is 11.7. The number of hydrogen-bond donors (Lipinski definition) is 0. The van der Waals surface area contributed by atoms with Crippen LogP contribution in [-0.4, -0.2) is 21.8 Å². The molecule has 0 radical (unpaired) electrons. The zero-order valence-electron chi connectivity index (χ0n) is 9.57. The van der Waals surface area contributed by atoms with E-state index in [-0.39, 0.29) is 5.78 Å². The van der Waals surface area contributed by atoms with Gasteiger partial charge < -0.3 is 0 Å². The third-order valence-electron chi connectivity index (χ3n) is 2.35. The smallest absolute Gasteiger partial charge is 0.147 e. The van der Waals surface area contributed by atoms with E-state index in [4.69, 9.17) is 11.6 Å². The van der Waals surface area contributed by atoms with Crippen molar-refractivity contribution in [2.45, 2.75) is 31.9 Å². The van der Waals surface area contributed by atoms with Gasteiger partial charge in [0.1, 0.15) is 5.78 Å². The van der Waals surface area contributed by atoms with Gasteiger partial charge in [0, 0.05) is 24.1 Å². The Morgan fingerprint density at radius 3 is 3.00 bits per heavy atom. The molecule has 0 aromatic carbocycles. The predicted molar refractivity (Wildman–Crippen MR) is 70.2 cm³/mol. The van der Waals surface area contributed by atoms with Crippen molar-refractivity contribution < 1.29 is 4.79 Å². The van der Waals surface area contributed by atoms with Gasteiger partial charge in [0.25, 0.3) is 0 Å². The van der Waals surface area contributed by atoms with Gasteiger partial charge in [0.05, 0.1) is 10.8 Å². The lowest BCUT2D eigenvalue weighted by Gasteiger charge is -2.07. The summed E-state index contributed by atoms with van der Waals surface area (Å²) in [5, 5.41) is 1.11. The Balaban J connectivity index is 2.43. The highest BCUT2D eigenvalue weighted by atomic mass is 35.5. The summed E-state index contributed by atoms with van der Waals surface area (Å²) >= 11 is 7.64. The number of nitrogens with zero attached hydrogens (tertiary/aromatic N) is 1. The van der Waals surface area contributed by atoms with E-state index in [2.05, 4.69) is 18.8 Å². The van der Waals surface area contributed by atoms with E-state index in [0.717, 1.165) is 12.0 Å². The molecule has 0 saturated heterocycles. The fraction of sp³-hybridized carbons (Fsp3) is 0.500. The second-order valence-electron chi connectivity index (χ2n) is 3.71. The highest BCUT2D eigenvalue weighted by molar-refractivity contribution is 8.00. The molecule has 1 atom stereocenters. The first-order valence-electron chi connectivity index (χ1n) is 5.35. The van der Waals surface area contributed by atoms with Crippen LogP contribution in [0.3, 0.4) is 0 Å². The quantitative estimate of drug-likeness (QED) is 0.783. The van der Waals surface area contributed by atoms with Gasteiger partial charge in [-0.3, -0.25) is 9.78 Å². The average molecular weight is 258 g/mol. The molecule has 1 aromatic heterocycles. The van der Waals surface area contributed by atoms with Crippen molar-refractivity contribution in [3.63, 3.8) is 0 Å². The number of rotatable bonds is 6. The van der Waals surface area contributed by atoms with Crippen molar-refractivity contribution in [2.75, 3.05) is 5.75 Å². The van der Waals surface area contributed by atoms with Gasteiger partial charge in [-0.25, -0.2) is 0 Å². The number of hydrogen-bond acceptors (Lipinski definition) is 3. The van der Waals surface area contributed by atoms with E-state index in [1.807, 2.05) is 0 Å². The molecule has 1 aromatic rings. The Labute approximate surface area is 106 Å². The predicted octanol–water partition coefficient (Wildman–Crippen LogP) is 3.38. The Kier molecular flexibility index (Phi) is 5.85. The molecule has 16 heavy (non-hydrogen) atoms. The molecular formula is C12H16ClNOS. The number of ketones is 1. The molecule has 0 bridgehead atoms. The molecular weight excluding hydrogens is 242 g/mol. The van der Waals surface area contributed by atoms with Crippen LogP contribution in [0.1, 0.15) is 25.8 Å². The van der Waals surface area contributed by atoms with Gasteiger partial charge in [-0.2, -0.15) is 11.8 Å². The minimum atomic E-state index is 0.221. The third-order valence-corrected chi connectivity index (χ3v) is 4.08. The van der Waals surface area contributed by atoms with Crippen LogP contribution in [0.4, 0.5) is 0 Å². The van der Waals surface area contributed by atoms with Gasteiger partial charge >= 0.3 is 0 Å². The Morgan fingerprint density at radius 2 is 2.38 bits per heavy atom. The summed E-state index contributed by atoms with van der Waals surface area (Å²) in [6, 6.07) is 1.80. The summed E-state index contributed by atoms with van der Waals surface area (Å²) < 4.78 is 0. The van der Waals surface area contributed by atoms with E-state index in [9.17, 15) is 4.79 Å². The van der Waals surface area contributed by atoms with E-state index in [1.54, 1.807) is 30.2 Å². The van der Waals surface area contributed by atoms with Crippen molar-refractivity contribution >= 4 is 29.1 Å². The van der Waals surface area contributed by atoms with Crippen LogP contribution in [0.15, 0.2) is 18.5 Å². The van der Waals surface area contributed by atoms with E-state index in [1.165, 1.54) is 0 Å². The third kappa shape index (κ3) is 4.54. The van der Waals surface area contributed by atoms with Gasteiger partial charge in [-0.05, 0) is 18.1 Å². The lowest BCUT2D eigenvalue weighted by atomic mass is 10.1. The Morgan fingerprint density at radius 1 is 1.62 bits per heavy atom. The van der Waals surface area contributed by atoms with Crippen LogP contribution < -0.4 is 0 Å². The summed E-state index contributed by atoms with van der Waals surface area (Å²) in [5.41, 5.74) is 0.867. The Bertz CT molecular complexity index is 357. The van der Waals surface area contributed by atoms with Crippen molar-refractivity contribution in [2.24, 2.45) is 0 Å². The molecule has 1 rings (SSSR count). The first-order chi connectivity index (χ1) is 7.63. The first-order valence-corrected chi connectivity index (χ1v) is 6.77. The fourth-order valence-electron chi connectivity index (χ4n) is 1.16. The molecule has 0 fully saturated rings. The maximum atomic E-state index is 11.7. The van der Waals surface area contributed by atoms with Crippen molar-refractivity contribution in [1.82, 2.24) is 4.98 Å². The van der Waals surface area contributed by atoms with Crippen molar-refractivity contribution in [3.8, 4) is 0 Å². The highest BCUT2D eigenvalue weighted by Crippen LogP contribution is 2.17. The maximum Gasteiger partial charge on any atom is 0.147 e. The monoisotopic (exact) mass is 257 g/mol. The molecule has 0 amide bonds. The summed E-state index contributed by atoms with van der Waals surface area (Å²) in [6.07, 6.45) is 4.74. The number of pyridine rings is 1. The van der Waals surface area contributed by atoms with Crippen LogP contribution in [0.2, 0.25) is 5.02 Å².